The van der Waals surface area contributed by atoms with Crippen LogP contribution in [0.15, 0.2) is 35.7 Å². The Hall–Kier alpha value is -2.67. The molecule has 0 spiro atoms. The Morgan fingerprint density at radius 2 is 2.04 bits per heavy atom. The molecule has 1 aliphatic carbocycles. The molecular formula is C21H24N4O2S. The minimum atomic E-state index is 0.0555. The van der Waals surface area contributed by atoms with Gasteiger partial charge in [-0.05, 0) is 49.9 Å². The number of methoxy groups -OCH3 is 1. The summed E-state index contributed by atoms with van der Waals surface area (Å²) >= 11 is 1.50. The molecule has 0 saturated heterocycles. The summed E-state index contributed by atoms with van der Waals surface area (Å²) in [5.74, 6) is 2.06. The van der Waals surface area contributed by atoms with E-state index in [0.29, 0.717) is 18.2 Å². The molecule has 0 atom stereocenters. The first-order valence-corrected chi connectivity index (χ1v) is 10.5. The van der Waals surface area contributed by atoms with Gasteiger partial charge in [-0.2, -0.15) is 9.78 Å². The molecule has 2 heterocycles. The highest BCUT2D eigenvalue weighted by Gasteiger charge is 2.20. The number of anilines is 1. The van der Waals surface area contributed by atoms with E-state index in [4.69, 9.17) is 9.72 Å². The predicted molar refractivity (Wildman–Crippen MR) is 111 cm³/mol. The van der Waals surface area contributed by atoms with Crippen LogP contribution in [-0.4, -0.2) is 27.8 Å². The lowest BCUT2D eigenvalue weighted by Crippen LogP contribution is -2.17. The van der Waals surface area contributed by atoms with Gasteiger partial charge in [0.25, 0.3) is 0 Å². The smallest absolute Gasteiger partial charge is 0.225 e. The minimum Gasteiger partial charge on any atom is -0.497 e. The number of carbonyl (C=O) groups excluding carboxylic acids is 1. The van der Waals surface area contributed by atoms with Crippen LogP contribution < -0.4 is 10.1 Å². The summed E-state index contributed by atoms with van der Waals surface area (Å²) < 4.78 is 6.93. The fourth-order valence-electron chi connectivity index (χ4n) is 3.66. The number of aromatic nitrogens is 3. The highest BCUT2D eigenvalue weighted by atomic mass is 32.1. The molecule has 0 radical (unpaired) electrons. The van der Waals surface area contributed by atoms with Gasteiger partial charge in [-0.3, -0.25) is 4.79 Å². The molecule has 1 saturated carbocycles. The molecular weight excluding hydrogens is 372 g/mol. The van der Waals surface area contributed by atoms with Gasteiger partial charge >= 0.3 is 0 Å². The van der Waals surface area contributed by atoms with Gasteiger partial charge in [0.2, 0.25) is 11.0 Å². The number of ether oxygens (including phenoxy) is 1. The first-order valence-electron chi connectivity index (χ1n) is 9.59. The fraction of sp³-hybridized carbons (Fsp3) is 0.381. The summed E-state index contributed by atoms with van der Waals surface area (Å²) in [6, 6.07) is 9.69. The van der Waals surface area contributed by atoms with Crippen molar-refractivity contribution in [2.24, 2.45) is 5.92 Å². The monoisotopic (exact) mass is 396 g/mol. The van der Waals surface area contributed by atoms with Crippen molar-refractivity contribution in [1.82, 2.24) is 14.8 Å². The lowest BCUT2D eigenvalue weighted by atomic mass is 10.0. The Bertz CT molecular complexity index is 955. The maximum absolute atomic E-state index is 12.5. The predicted octanol–water partition coefficient (Wildman–Crippen LogP) is 4.83. The highest BCUT2D eigenvalue weighted by Crippen LogP contribution is 2.29. The summed E-state index contributed by atoms with van der Waals surface area (Å²) in [6.45, 7) is 1.92. The molecule has 0 unspecified atom stereocenters. The van der Waals surface area contributed by atoms with E-state index in [1.54, 1.807) is 11.8 Å². The summed E-state index contributed by atoms with van der Waals surface area (Å²) in [4.78, 5) is 17.2. The van der Waals surface area contributed by atoms with Crippen LogP contribution in [0.4, 0.5) is 5.82 Å². The number of hydrogen-bond donors (Lipinski definition) is 1. The van der Waals surface area contributed by atoms with Gasteiger partial charge in [-0.1, -0.05) is 12.8 Å². The molecule has 0 aliphatic heterocycles. The van der Waals surface area contributed by atoms with Crippen LogP contribution in [-0.2, 0) is 4.79 Å². The van der Waals surface area contributed by atoms with Crippen LogP contribution in [0, 0.1) is 12.8 Å². The van der Waals surface area contributed by atoms with Crippen molar-refractivity contribution in [2.75, 3.05) is 12.4 Å². The molecule has 0 bridgehead atoms. The van der Waals surface area contributed by atoms with Gasteiger partial charge in [0, 0.05) is 23.4 Å². The average molecular weight is 397 g/mol. The van der Waals surface area contributed by atoms with Gasteiger partial charge in [0.05, 0.1) is 18.5 Å². The van der Waals surface area contributed by atoms with E-state index in [-0.39, 0.29) is 5.91 Å². The number of carbonyl (C=O) groups is 1. The van der Waals surface area contributed by atoms with E-state index in [1.165, 1.54) is 24.2 Å². The van der Waals surface area contributed by atoms with E-state index in [9.17, 15) is 4.79 Å². The second-order valence-electron chi connectivity index (χ2n) is 7.23. The maximum Gasteiger partial charge on any atom is 0.225 e. The third-order valence-corrected chi connectivity index (χ3v) is 5.92. The van der Waals surface area contributed by atoms with Gasteiger partial charge in [-0.15, -0.1) is 11.3 Å². The molecule has 7 heteroatoms. The molecule has 4 rings (SSSR count). The van der Waals surface area contributed by atoms with Crippen LogP contribution in [0.3, 0.4) is 0 Å². The van der Waals surface area contributed by atoms with Gasteiger partial charge in [0.1, 0.15) is 11.6 Å². The normalized spacial score (nSPS) is 14.4. The van der Waals surface area contributed by atoms with Crippen molar-refractivity contribution in [3.63, 3.8) is 0 Å². The van der Waals surface area contributed by atoms with E-state index < -0.39 is 0 Å². The molecule has 28 heavy (non-hydrogen) atoms. The van der Waals surface area contributed by atoms with E-state index in [2.05, 4.69) is 10.4 Å². The zero-order chi connectivity index (χ0) is 19.5. The summed E-state index contributed by atoms with van der Waals surface area (Å²) in [7, 11) is 1.65. The number of nitrogens with one attached hydrogen (secondary N) is 1. The third-order valence-electron chi connectivity index (χ3n) is 5.11. The summed E-state index contributed by atoms with van der Waals surface area (Å²) in [5.41, 5.74) is 2.73. The van der Waals surface area contributed by atoms with E-state index in [0.717, 1.165) is 40.7 Å². The molecule has 1 aromatic carbocycles. The van der Waals surface area contributed by atoms with Crippen LogP contribution in [0.1, 0.15) is 37.8 Å². The number of amides is 1. The van der Waals surface area contributed by atoms with Crippen molar-refractivity contribution < 1.29 is 9.53 Å². The van der Waals surface area contributed by atoms with Crippen LogP contribution in [0.5, 0.6) is 5.75 Å². The molecule has 146 valence electrons. The zero-order valence-electron chi connectivity index (χ0n) is 16.1. The average Bonchev–Trinajstić information content (AvgIpc) is 3.43. The maximum atomic E-state index is 12.5. The standard InChI is InChI=1S/C21H24N4O2S/c1-14-11-19(23-20(26)12-15-5-3-4-6-15)25(24-14)21-22-18(13-28-21)16-7-9-17(27-2)10-8-16/h7-11,13,15H,3-6,12H2,1-2H3,(H,23,26). The van der Waals surface area contributed by atoms with Crippen LogP contribution in [0.25, 0.3) is 16.4 Å². The summed E-state index contributed by atoms with van der Waals surface area (Å²) in [6.07, 6.45) is 5.37. The second kappa shape index (κ2) is 8.14. The van der Waals surface area contributed by atoms with Crippen molar-refractivity contribution in [3.05, 3.63) is 41.4 Å². The number of hydrogen-bond acceptors (Lipinski definition) is 5. The first kappa shape index (κ1) is 18.7. The van der Waals surface area contributed by atoms with Crippen LogP contribution >= 0.6 is 11.3 Å². The Kier molecular flexibility index (Phi) is 5.43. The number of aryl methyl sites for hydroxylation is 1. The van der Waals surface area contributed by atoms with Crippen LogP contribution in [0.2, 0.25) is 0 Å². The quantitative estimate of drug-likeness (QED) is 0.648. The highest BCUT2D eigenvalue weighted by molar-refractivity contribution is 7.12. The molecule has 1 amide bonds. The number of nitrogens with zero attached hydrogens (tertiary/aromatic N) is 3. The van der Waals surface area contributed by atoms with Gasteiger partial charge in [-0.25, -0.2) is 4.98 Å². The Morgan fingerprint density at radius 3 is 2.75 bits per heavy atom. The number of thiazole rings is 1. The topological polar surface area (TPSA) is 69.0 Å². The minimum absolute atomic E-state index is 0.0555. The molecule has 6 nitrogen and oxygen atoms in total. The molecule has 1 N–H and O–H groups in total. The van der Waals surface area contributed by atoms with Gasteiger partial charge < -0.3 is 10.1 Å². The SMILES string of the molecule is COc1ccc(-c2csc(-n3nc(C)cc3NC(=O)CC3CCCC3)n2)cc1. The summed E-state index contributed by atoms with van der Waals surface area (Å²) in [5, 5.41) is 10.3. The second-order valence-corrected chi connectivity index (χ2v) is 8.07. The number of benzene rings is 1. The first-order chi connectivity index (χ1) is 13.6. The Balaban J connectivity index is 1.52. The molecule has 3 aromatic rings. The lowest BCUT2D eigenvalue weighted by molar-refractivity contribution is -0.117. The zero-order valence-corrected chi connectivity index (χ0v) is 17.0. The largest absolute Gasteiger partial charge is 0.497 e. The Morgan fingerprint density at radius 1 is 1.29 bits per heavy atom. The van der Waals surface area contributed by atoms with Crippen molar-refractivity contribution in [1.29, 1.82) is 0 Å². The molecule has 2 aromatic heterocycles. The molecule has 1 fully saturated rings. The third kappa shape index (κ3) is 4.09. The van der Waals surface area contributed by atoms with Crippen molar-refractivity contribution >= 4 is 23.1 Å². The van der Waals surface area contributed by atoms with Crippen molar-refractivity contribution in [2.45, 2.75) is 39.0 Å². The van der Waals surface area contributed by atoms with Gasteiger partial charge in [0.15, 0.2) is 0 Å². The van der Waals surface area contributed by atoms with E-state index in [1.807, 2.05) is 42.6 Å². The number of rotatable bonds is 6. The lowest BCUT2D eigenvalue weighted by Gasteiger charge is -2.10. The Labute approximate surface area is 168 Å². The fourth-order valence-corrected chi connectivity index (χ4v) is 4.46. The van der Waals surface area contributed by atoms with E-state index >= 15 is 0 Å². The molecule has 1 aliphatic rings. The van der Waals surface area contributed by atoms with Crippen molar-refractivity contribution in [3.8, 4) is 22.1 Å².